The van der Waals surface area contributed by atoms with Crippen LogP contribution in [0.5, 0.6) is 0 Å². The van der Waals surface area contributed by atoms with E-state index in [2.05, 4.69) is 22.4 Å². The van der Waals surface area contributed by atoms with Crippen LogP contribution in [-0.4, -0.2) is 9.91 Å². The van der Waals surface area contributed by atoms with E-state index in [0.29, 0.717) is 5.69 Å². The molecule has 5 nitrogen and oxygen atoms in total. The molecule has 1 aromatic carbocycles. The number of aromatic nitrogens is 1. The first kappa shape index (κ1) is 12.6. The van der Waals surface area contributed by atoms with Crippen LogP contribution in [0.4, 0.5) is 11.5 Å². The van der Waals surface area contributed by atoms with Crippen LogP contribution in [0.3, 0.4) is 0 Å². The van der Waals surface area contributed by atoms with Crippen LogP contribution in [0.1, 0.15) is 30.0 Å². The van der Waals surface area contributed by atoms with Crippen molar-refractivity contribution in [3.05, 3.63) is 63.8 Å². The monoisotopic (exact) mass is 269 g/mol. The summed E-state index contributed by atoms with van der Waals surface area (Å²) in [6, 6.07) is 11.8. The molecule has 0 amide bonds. The zero-order valence-electron chi connectivity index (χ0n) is 11.0. The Morgan fingerprint density at radius 1 is 1.25 bits per heavy atom. The Labute approximate surface area is 116 Å². The van der Waals surface area contributed by atoms with Gasteiger partial charge in [0.2, 0.25) is 0 Å². The lowest BCUT2D eigenvalue weighted by atomic mass is 9.87. The maximum atomic E-state index is 11.0. The molecule has 1 unspecified atom stereocenters. The van der Waals surface area contributed by atoms with Gasteiger partial charge in [-0.15, -0.1) is 0 Å². The lowest BCUT2D eigenvalue weighted by Crippen LogP contribution is -2.18. The fraction of sp³-hybridized carbons (Fsp3) is 0.267. The largest absolute Gasteiger partial charge is 0.386 e. The van der Waals surface area contributed by atoms with Crippen molar-refractivity contribution in [3.63, 3.8) is 0 Å². The molecule has 1 aliphatic carbocycles. The summed E-state index contributed by atoms with van der Waals surface area (Å²) in [5.74, 6) is -0.115. The molecule has 1 heterocycles. The van der Waals surface area contributed by atoms with Gasteiger partial charge in [0.15, 0.2) is 0 Å². The van der Waals surface area contributed by atoms with Crippen LogP contribution in [0.15, 0.2) is 42.6 Å². The predicted octanol–water partition coefficient (Wildman–Crippen LogP) is 3.48. The first-order valence-corrected chi connectivity index (χ1v) is 6.69. The highest BCUT2D eigenvalue weighted by atomic mass is 16.6. The highest BCUT2D eigenvalue weighted by Crippen LogP contribution is 2.34. The Kier molecular flexibility index (Phi) is 3.33. The lowest BCUT2D eigenvalue weighted by molar-refractivity contribution is -0.388. The molecule has 0 fully saturated rings. The number of anilines is 1. The molecule has 1 aliphatic rings. The zero-order valence-corrected chi connectivity index (χ0v) is 11.0. The molecular formula is C15H15N3O2. The molecule has 0 bridgehead atoms. The van der Waals surface area contributed by atoms with E-state index in [1.54, 1.807) is 12.1 Å². The van der Waals surface area contributed by atoms with Crippen molar-refractivity contribution in [2.45, 2.75) is 25.3 Å². The number of nitrogens with one attached hydrogen (secondary N) is 1. The fourth-order valence-electron chi connectivity index (χ4n) is 2.75. The average Bonchev–Trinajstić information content (AvgIpc) is 2.48. The van der Waals surface area contributed by atoms with Crippen molar-refractivity contribution in [1.29, 1.82) is 0 Å². The van der Waals surface area contributed by atoms with Crippen molar-refractivity contribution in [2.24, 2.45) is 0 Å². The van der Waals surface area contributed by atoms with Gasteiger partial charge >= 0.3 is 5.82 Å². The average molecular weight is 269 g/mol. The van der Waals surface area contributed by atoms with Crippen LogP contribution in [0.2, 0.25) is 0 Å². The molecule has 1 atom stereocenters. The Balaban J connectivity index is 1.92. The van der Waals surface area contributed by atoms with Gasteiger partial charge in [0.05, 0.1) is 6.04 Å². The predicted molar refractivity (Wildman–Crippen MR) is 76.6 cm³/mol. The van der Waals surface area contributed by atoms with Gasteiger partial charge in [-0.25, -0.2) is 0 Å². The van der Waals surface area contributed by atoms with Crippen LogP contribution in [-0.2, 0) is 6.42 Å². The van der Waals surface area contributed by atoms with Gasteiger partial charge in [-0.3, -0.25) is 0 Å². The fourth-order valence-corrected chi connectivity index (χ4v) is 2.75. The smallest absolute Gasteiger partial charge is 0.371 e. The molecule has 2 aromatic rings. The Hall–Kier alpha value is -2.43. The van der Waals surface area contributed by atoms with E-state index in [1.165, 1.54) is 17.3 Å². The number of nitro groups is 1. The Morgan fingerprint density at radius 3 is 2.95 bits per heavy atom. The normalized spacial score (nSPS) is 17.3. The van der Waals surface area contributed by atoms with Gasteiger partial charge in [-0.05, 0) is 52.4 Å². The number of fused-ring (bicyclic) bond motifs is 1. The van der Waals surface area contributed by atoms with E-state index in [4.69, 9.17) is 0 Å². The van der Waals surface area contributed by atoms with E-state index < -0.39 is 4.92 Å². The molecule has 0 saturated heterocycles. The number of pyridine rings is 1. The van der Waals surface area contributed by atoms with Crippen molar-refractivity contribution in [2.75, 3.05) is 5.32 Å². The van der Waals surface area contributed by atoms with Crippen LogP contribution >= 0.6 is 0 Å². The SMILES string of the molecule is O=[N+]([O-])c1ncccc1NC1CCCc2ccccc21. The molecule has 1 N–H and O–H groups in total. The summed E-state index contributed by atoms with van der Waals surface area (Å²) in [4.78, 5) is 14.4. The van der Waals surface area contributed by atoms with Crippen molar-refractivity contribution in [1.82, 2.24) is 4.98 Å². The second-order valence-electron chi connectivity index (χ2n) is 4.92. The Bertz CT molecular complexity index is 643. The maximum Gasteiger partial charge on any atom is 0.386 e. The zero-order chi connectivity index (χ0) is 13.9. The summed E-state index contributed by atoms with van der Waals surface area (Å²) in [5, 5.41) is 14.3. The minimum absolute atomic E-state index is 0.114. The van der Waals surface area contributed by atoms with E-state index in [-0.39, 0.29) is 11.9 Å². The van der Waals surface area contributed by atoms with E-state index in [0.717, 1.165) is 19.3 Å². The van der Waals surface area contributed by atoms with Gasteiger partial charge in [0.25, 0.3) is 0 Å². The summed E-state index contributed by atoms with van der Waals surface area (Å²) in [6.07, 6.45) is 4.58. The van der Waals surface area contributed by atoms with Crippen LogP contribution in [0.25, 0.3) is 0 Å². The van der Waals surface area contributed by atoms with Gasteiger partial charge in [-0.1, -0.05) is 24.3 Å². The summed E-state index contributed by atoms with van der Waals surface area (Å²) in [6.45, 7) is 0. The summed E-state index contributed by atoms with van der Waals surface area (Å²) < 4.78 is 0. The van der Waals surface area contributed by atoms with Crippen molar-refractivity contribution < 1.29 is 4.92 Å². The summed E-state index contributed by atoms with van der Waals surface area (Å²) in [5.41, 5.74) is 3.04. The summed E-state index contributed by atoms with van der Waals surface area (Å²) >= 11 is 0. The highest BCUT2D eigenvalue weighted by molar-refractivity contribution is 5.58. The summed E-state index contributed by atoms with van der Waals surface area (Å²) in [7, 11) is 0. The topological polar surface area (TPSA) is 68.1 Å². The number of hydrogen-bond donors (Lipinski definition) is 1. The second kappa shape index (κ2) is 5.28. The molecule has 0 saturated carbocycles. The highest BCUT2D eigenvalue weighted by Gasteiger charge is 2.23. The maximum absolute atomic E-state index is 11.0. The number of nitrogens with zero attached hydrogens (tertiary/aromatic N) is 2. The molecule has 102 valence electrons. The minimum atomic E-state index is -0.447. The van der Waals surface area contributed by atoms with Crippen molar-refractivity contribution in [3.8, 4) is 0 Å². The second-order valence-corrected chi connectivity index (χ2v) is 4.92. The molecule has 1 aromatic heterocycles. The van der Waals surface area contributed by atoms with Crippen molar-refractivity contribution >= 4 is 11.5 Å². The van der Waals surface area contributed by atoms with Crippen LogP contribution < -0.4 is 5.32 Å². The molecule has 5 heteroatoms. The van der Waals surface area contributed by atoms with Gasteiger partial charge in [-0.2, -0.15) is 0 Å². The van der Waals surface area contributed by atoms with E-state index >= 15 is 0 Å². The van der Waals surface area contributed by atoms with E-state index in [9.17, 15) is 10.1 Å². The lowest BCUT2D eigenvalue weighted by Gasteiger charge is -2.26. The molecule has 0 radical (unpaired) electrons. The molecular weight excluding hydrogens is 254 g/mol. The number of benzene rings is 1. The molecule has 20 heavy (non-hydrogen) atoms. The molecule has 3 rings (SSSR count). The molecule has 0 aliphatic heterocycles. The minimum Gasteiger partial charge on any atom is -0.371 e. The third-order valence-electron chi connectivity index (χ3n) is 3.66. The third kappa shape index (κ3) is 2.34. The molecule has 0 spiro atoms. The standard InChI is InChI=1S/C15H15N3O2/c19-18(20)15-14(9-4-10-16-15)17-13-8-3-6-11-5-1-2-7-12(11)13/h1-2,4-5,7,9-10,13,17H,3,6,8H2. The van der Waals surface area contributed by atoms with Gasteiger partial charge < -0.3 is 15.4 Å². The quantitative estimate of drug-likeness (QED) is 0.684. The van der Waals surface area contributed by atoms with Gasteiger partial charge in [0.1, 0.15) is 11.9 Å². The van der Waals surface area contributed by atoms with Gasteiger partial charge in [0, 0.05) is 0 Å². The Morgan fingerprint density at radius 2 is 2.10 bits per heavy atom. The van der Waals surface area contributed by atoms with Crippen LogP contribution in [0, 0.1) is 10.1 Å². The number of rotatable bonds is 3. The third-order valence-corrected chi connectivity index (χ3v) is 3.66. The first-order valence-electron chi connectivity index (χ1n) is 6.69. The number of aryl methyl sites for hydroxylation is 1. The van der Waals surface area contributed by atoms with E-state index in [1.807, 2.05) is 12.1 Å². The first-order chi connectivity index (χ1) is 9.75. The number of hydrogen-bond acceptors (Lipinski definition) is 4.